The largest absolute Gasteiger partial charge is 0.486 e. The first kappa shape index (κ1) is 17.8. The van der Waals surface area contributed by atoms with Crippen LogP contribution in [0.4, 0.5) is 16.2 Å². The number of carbonyl (C=O) groups excluding carboxylic acids is 1. The standard InChI is InChI=1S/C17H16ClN3O5/c1-10(11-2-5-15-16(8-11)26-7-6-25-15)19-17(22)20-14-4-3-12(21(23)24)9-13(14)18/h2-5,8-10H,6-7H2,1H3,(H2,19,20,22). The Labute approximate surface area is 154 Å². The van der Waals surface area contributed by atoms with Crippen LogP contribution in [-0.4, -0.2) is 24.2 Å². The van der Waals surface area contributed by atoms with Gasteiger partial charge in [0.2, 0.25) is 0 Å². The summed E-state index contributed by atoms with van der Waals surface area (Å²) in [6.45, 7) is 2.82. The molecule has 26 heavy (non-hydrogen) atoms. The van der Waals surface area contributed by atoms with Crippen molar-refractivity contribution in [1.29, 1.82) is 0 Å². The maximum absolute atomic E-state index is 12.2. The molecule has 2 amide bonds. The SMILES string of the molecule is CC(NC(=O)Nc1ccc([N+](=O)[O-])cc1Cl)c1ccc2c(c1)OCCO2. The third-order valence-corrected chi connectivity index (χ3v) is 4.14. The first-order chi connectivity index (χ1) is 12.4. The Bertz CT molecular complexity index is 858. The smallest absolute Gasteiger partial charge is 0.319 e. The second kappa shape index (κ2) is 7.49. The van der Waals surface area contributed by atoms with Gasteiger partial charge in [-0.25, -0.2) is 4.79 Å². The summed E-state index contributed by atoms with van der Waals surface area (Å²) in [6.07, 6.45) is 0. The van der Waals surface area contributed by atoms with Gasteiger partial charge in [0.15, 0.2) is 11.5 Å². The van der Waals surface area contributed by atoms with Crippen molar-refractivity contribution in [2.75, 3.05) is 18.5 Å². The summed E-state index contributed by atoms with van der Waals surface area (Å²) in [6, 6.07) is 8.51. The summed E-state index contributed by atoms with van der Waals surface area (Å²) in [5, 5.41) is 16.2. The lowest BCUT2D eigenvalue weighted by Crippen LogP contribution is -2.31. The summed E-state index contributed by atoms with van der Waals surface area (Å²) in [4.78, 5) is 22.3. The average molecular weight is 378 g/mol. The van der Waals surface area contributed by atoms with Crippen LogP contribution in [0.25, 0.3) is 0 Å². The van der Waals surface area contributed by atoms with E-state index in [0.717, 1.165) is 5.56 Å². The van der Waals surface area contributed by atoms with Crippen molar-refractivity contribution >= 4 is 29.0 Å². The Kier molecular flexibility index (Phi) is 5.13. The highest BCUT2D eigenvalue weighted by molar-refractivity contribution is 6.33. The van der Waals surface area contributed by atoms with Gasteiger partial charge in [0.05, 0.1) is 21.7 Å². The Balaban J connectivity index is 1.65. The number of nitro benzene ring substituents is 1. The van der Waals surface area contributed by atoms with E-state index in [1.165, 1.54) is 18.2 Å². The lowest BCUT2D eigenvalue weighted by molar-refractivity contribution is -0.384. The van der Waals surface area contributed by atoms with Crippen LogP contribution in [-0.2, 0) is 0 Å². The molecule has 1 heterocycles. The van der Waals surface area contributed by atoms with E-state index in [9.17, 15) is 14.9 Å². The number of nitrogens with zero attached hydrogens (tertiary/aromatic N) is 1. The first-order valence-corrected chi connectivity index (χ1v) is 8.23. The number of hydrogen-bond acceptors (Lipinski definition) is 5. The lowest BCUT2D eigenvalue weighted by Gasteiger charge is -2.21. The fourth-order valence-corrected chi connectivity index (χ4v) is 2.71. The third-order valence-electron chi connectivity index (χ3n) is 3.83. The molecule has 0 aliphatic carbocycles. The van der Waals surface area contributed by atoms with Gasteiger partial charge in [0.25, 0.3) is 5.69 Å². The minimum atomic E-state index is -0.556. The molecule has 2 aromatic rings. The molecule has 2 aromatic carbocycles. The molecule has 0 radical (unpaired) electrons. The van der Waals surface area contributed by atoms with Gasteiger partial charge >= 0.3 is 6.03 Å². The summed E-state index contributed by atoms with van der Waals surface area (Å²) < 4.78 is 11.0. The van der Waals surface area contributed by atoms with Crippen LogP contribution in [0.5, 0.6) is 11.5 Å². The summed E-state index contributed by atoms with van der Waals surface area (Å²) in [7, 11) is 0. The summed E-state index contributed by atoms with van der Waals surface area (Å²) >= 11 is 5.97. The fraction of sp³-hybridized carbons (Fsp3) is 0.235. The van der Waals surface area contributed by atoms with Crippen molar-refractivity contribution < 1.29 is 19.2 Å². The topological polar surface area (TPSA) is 103 Å². The molecule has 1 atom stereocenters. The van der Waals surface area contributed by atoms with E-state index in [0.29, 0.717) is 24.7 Å². The third kappa shape index (κ3) is 3.97. The minimum absolute atomic E-state index is 0.0846. The number of hydrogen-bond donors (Lipinski definition) is 2. The van der Waals surface area contributed by atoms with Gasteiger partial charge in [0.1, 0.15) is 13.2 Å². The van der Waals surface area contributed by atoms with Crippen molar-refractivity contribution in [3.8, 4) is 11.5 Å². The molecule has 0 fully saturated rings. The van der Waals surface area contributed by atoms with Crippen molar-refractivity contribution in [2.45, 2.75) is 13.0 Å². The number of non-ortho nitro benzene ring substituents is 1. The zero-order valence-corrected chi connectivity index (χ0v) is 14.6. The van der Waals surface area contributed by atoms with E-state index in [1.807, 2.05) is 19.1 Å². The van der Waals surface area contributed by atoms with Crippen molar-refractivity contribution in [1.82, 2.24) is 5.32 Å². The number of rotatable bonds is 4. The van der Waals surface area contributed by atoms with Crippen LogP contribution >= 0.6 is 11.6 Å². The molecule has 0 spiro atoms. The van der Waals surface area contributed by atoms with Crippen molar-refractivity contribution in [3.63, 3.8) is 0 Å². The normalized spacial score (nSPS) is 13.6. The maximum atomic E-state index is 12.2. The van der Waals surface area contributed by atoms with Crippen LogP contribution < -0.4 is 20.1 Å². The lowest BCUT2D eigenvalue weighted by atomic mass is 10.1. The predicted octanol–water partition coefficient (Wildman–Crippen LogP) is 3.90. The van der Waals surface area contributed by atoms with Gasteiger partial charge < -0.3 is 20.1 Å². The molecule has 9 heteroatoms. The number of nitro groups is 1. The number of amides is 2. The molecule has 1 unspecified atom stereocenters. The molecule has 8 nitrogen and oxygen atoms in total. The summed E-state index contributed by atoms with van der Waals surface area (Å²) in [5.41, 5.74) is 0.981. The number of halogens is 1. The number of carbonyl (C=O) groups is 1. The van der Waals surface area contributed by atoms with Crippen LogP contribution in [0.1, 0.15) is 18.5 Å². The Morgan fingerprint density at radius 2 is 1.92 bits per heavy atom. The zero-order chi connectivity index (χ0) is 18.7. The number of anilines is 1. The van der Waals surface area contributed by atoms with Crippen LogP contribution in [0.3, 0.4) is 0 Å². The average Bonchev–Trinajstić information content (AvgIpc) is 2.62. The van der Waals surface area contributed by atoms with Crippen molar-refractivity contribution in [3.05, 3.63) is 57.1 Å². The first-order valence-electron chi connectivity index (χ1n) is 7.85. The highest BCUT2D eigenvalue weighted by Crippen LogP contribution is 2.32. The van der Waals surface area contributed by atoms with Crippen LogP contribution in [0, 0.1) is 10.1 Å². The number of ether oxygens (including phenoxy) is 2. The predicted molar refractivity (Wildman–Crippen MR) is 96.1 cm³/mol. The van der Waals surface area contributed by atoms with Gasteiger partial charge in [-0.05, 0) is 30.7 Å². The van der Waals surface area contributed by atoms with Crippen molar-refractivity contribution in [2.24, 2.45) is 0 Å². The molecule has 0 aromatic heterocycles. The molecule has 1 aliphatic rings. The maximum Gasteiger partial charge on any atom is 0.319 e. The van der Waals surface area contributed by atoms with E-state index < -0.39 is 11.0 Å². The van der Waals surface area contributed by atoms with E-state index in [4.69, 9.17) is 21.1 Å². The number of nitrogens with one attached hydrogen (secondary N) is 2. The van der Waals surface area contributed by atoms with Gasteiger partial charge in [-0.2, -0.15) is 0 Å². The van der Waals surface area contributed by atoms with Crippen LogP contribution in [0.2, 0.25) is 5.02 Å². The molecule has 1 aliphatic heterocycles. The second-order valence-electron chi connectivity index (χ2n) is 5.64. The van der Waals surface area contributed by atoms with E-state index in [2.05, 4.69) is 10.6 Å². The molecule has 0 saturated carbocycles. The second-order valence-corrected chi connectivity index (χ2v) is 6.05. The zero-order valence-electron chi connectivity index (χ0n) is 13.8. The van der Waals surface area contributed by atoms with Gasteiger partial charge in [-0.3, -0.25) is 10.1 Å². The Hall–Kier alpha value is -3.00. The van der Waals surface area contributed by atoms with E-state index in [-0.39, 0.29) is 22.4 Å². The highest BCUT2D eigenvalue weighted by atomic mass is 35.5. The molecule has 2 N–H and O–H groups in total. The molecule has 136 valence electrons. The van der Waals surface area contributed by atoms with E-state index >= 15 is 0 Å². The van der Waals surface area contributed by atoms with Gasteiger partial charge in [-0.1, -0.05) is 17.7 Å². The molecule has 3 rings (SSSR count). The molecule has 0 bridgehead atoms. The van der Waals surface area contributed by atoms with Crippen LogP contribution in [0.15, 0.2) is 36.4 Å². The summed E-state index contributed by atoms with van der Waals surface area (Å²) in [5.74, 6) is 1.32. The molecule has 0 saturated heterocycles. The number of benzene rings is 2. The molecular weight excluding hydrogens is 362 g/mol. The monoisotopic (exact) mass is 377 g/mol. The van der Waals surface area contributed by atoms with E-state index in [1.54, 1.807) is 6.07 Å². The molecular formula is C17H16ClN3O5. The quantitative estimate of drug-likeness (QED) is 0.621. The highest BCUT2D eigenvalue weighted by Gasteiger charge is 2.17. The number of urea groups is 1. The van der Waals surface area contributed by atoms with Gasteiger partial charge in [-0.15, -0.1) is 0 Å². The Morgan fingerprint density at radius 1 is 1.19 bits per heavy atom. The fourth-order valence-electron chi connectivity index (χ4n) is 2.49. The number of fused-ring (bicyclic) bond motifs is 1. The Morgan fingerprint density at radius 3 is 2.62 bits per heavy atom. The van der Waals surface area contributed by atoms with Gasteiger partial charge in [0, 0.05) is 12.1 Å². The minimum Gasteiger partial charge on any atom is -0.486 e.